The van der Waals surface area contributed by atoms with E-state index in [2.05, 4.69) is 31.9 Å². The summed E-state index contributed by atoms with van der Waals surface area (Å²) in [5, 5.41) is 8.73. The molecule has 1 atom stereocenters. The average Bonchev–Trinajstić information content (AvgIpc) is 2.21. The van der Waals surface area contributed by atoms with Gasteiger partial charge in [0.05, 0.1) is 16.1 Å². The van der Waals surface area contributed by atoms with Crippen molar-refractivity contribution in [2.75, 3.05) is 7.11 Å². The summed E-state index contributed by atoms with van der Waals surface area (Å²) in [7, 11) is 1.53. The van der Waals surface area contributed by atoms with Gasteiger partial charge in [-0.2, -0.15) is 0 Å². The monoisotopic (exact) mass is 352 g/mol. The molecule has 0 spiro atoms. The van der Waals surface area contributed by atoms with Gasteiger partial charge in [0.25, 0.3) is 0 Å². The van der Waals surface area contributed by atoms with Gasteiger partial charge >= 0.3 is 5.97 Å². The lowest BCUT2D eigenvalue weighted by atomic mass is 10.3. The summed E-state index contributed by atoms with van der Waals surface area (Å²) in [5.74, 6) is -0.0143. The minimum Gasteiger partial charge on any atom is -0.495 e. The molecule has 0 aromatic heterocycles. The van der Waals surface area contributed by atoms with E-state index >= 15 is 0 Å². The molecule has 0 aliphatic rings. The molecule has 4 nitrogen and oxygen atoms in total. The Kier molecular flexibility index (Phi) is 4.61. The van der Waals surface area contributed by atoms with Crippen molar-refractivity contribution in [3.8, 4) is 11.5 Å². The number of methoxy groups -OCH3 is 1. The SMILES string of the molecule is COc1cc(OC(C)C(=O)O)c(Br)cc1Br. The van der Waals surface area contributed by atoms with E-state index in [0.717, 1.165) is 4.47 Å². The largest absolute Gasteiger partial charge is 0.495 e. The molecule has 0 aliphatic carbocycles. The molecule has 0 fully saturated rings. The molecule has 0 aliphatic heterocycles. The van der Waals surface area contributed by atoms with Crippen LogP contribution in [-0.2, 0) is 4.79 Å². The van der Waals surface area contributed by atoms with E-state index in [1.54, 1.807) is 12.1 Å². The van der Waals surface area contributed by atoms with E-state index in [1.165, 1.54) is 14.0 Å². The predicted molar refractivity (Wildman–Crippen MR) is 66.1 cm³/mol. The van der Waals surface area contributed by atoms with Gasteiger partial charge in [-0.3, -0.25) is 0 Å². The fourth-order valence-electron chi connectivity index (χ4n) is 0.998. The molecule has 0 saturated carbocycles. The number of aliphatic carboxylic acids is 1. The Bertz CT molecular complexity index is 406. The number of hydrogen-bond donors (Lipinski definition) is 1. The van der Waals surface area contributed by atoms with Gasteiger partial charge in [0.2, 0.25) is 0 Å². The summed E-state index contributed by atoms with van der Waals surface area (Å²) in [6.45, 7) is 1.46. The first-order valence-corrected chi connectivity index (χ1v) is 5.96. The number of halogens is 2. The van der Waals surface area contributed by atoms with Crippen molar-refractivity contribution < 1.29 is 19.4 Å². The minimum atomic E-state index is -1.02. The summed E-state index contributed by atoms with van der Waals surface area (Å²) >= 11 is 6.59. The zero-order valence-electron chi connectivity index (χ0n) is 8.66. The van der Waals surface area contributed by atoms with Crippen molar-refractivity contribution in [3.63, 3.8) is 0 Å². The Morgan fingerprint density at radius 3 is 2.38 bits per heavy atom. The molecule has 1 aromatic carbocycles. The highest BCUT2D eigenvalue weighted by Crippen LogP contribution is 2.36. The summed E-state index contributed by atoms with van der Waals surface area (Å²) in [6, 6.07) is 3.36. The first-order valence-electron chi connectivity index (χ1n) is 4.38. The van der Waals surface area contributed by atoms with Gasteiger partial charge in [-0.25, -0.2) is 4.79 Å². The fourth-order valence-corrected chi connectivity index (χ4v) is 2.25. The van der Waals surface area contributed by atoms with Crippen LogP contribution >= 0.6 is 31.9 Å². The van der Waals surface area contributed by atoms with Crippen LogP contribution in [0.25, 0.3) is 0 Å². The Morgan fingerprint density at radius 2 is 1.88 bits per heavy atom. The number of hydrogen-bond acceptors (Lipinski definition) is 3. The Labute approximate surface area is 110 Å². The van der Waals surface area contributed by atoms with Gasteiger partial charge in [-0.1, -0.05) is 0 Å². The Balaban J connectivity index is 3.00. The van der Waals surface area contributed by atoms with E-state index in [-0.39, 0.29) is 0 Å². The molecular weight excluding hydrogens is 344 g/mol. The second-order valence-corrected chi connectivity index (χ2v) is 4.72. The molecule has 0 radical (unpaired) electrons. The normalized spacial score (nSPS) is 12.0. The maximum absolute atomic E-state index is 10.7. The molecule has 1 N–H and O–H groups in total. The van der Waals surface area contributed by atoms with Crippen molar-refractivity contribution in [1.29, 1.82) is 0 Å². The molecule has 0 saturated heterocycles. The molecule has 1 unspecified atom stereocenters. The lowest BCUT2D eigenvalue weighted by Gasteiger charge is -2.13. The van der Waals surface area contributed by atoms with Crippen molar-refractivity contribution >= 4 is 37.8 Å². The minimum absolute atomic E-state index is 0.426. The van der Waals surface area contributed by atoms with Crippen LogP contribution in [0.1, 0.15) is 6.92 Å². The van der Waals surface area contributed by atoms with Crippen LogP contribution in [0.15, 0.2) is 21.1 Å². The van der Waals surface area contributed by atoms with Crippen molar-refractivity contribution in [2.24, 2.45) is 0 Å². The number of carboxylic acids is 1. The van der Waals surface area contributed by atoms with Gasteiger partial charge < -0.3 is 14.6 Å². The molecule has 0 heterocycles. The summed E-state index contributed by atoms with van der Waals surface area (Å²) in [5.41, 5.74) is 0. The third-order valence-electron chi connectivity index (χ3n) is 1.86. The van der Waals surface area contributed by atoms with Crippen LogP contribution in [0.5, 0.6) is 11.5 Å². The van der Waals surface area contributed by atoms with E-state index in [1.807, 2.05) is 0 Å². The number of benzene rings is 1. The highest BCUT2D eigenvalue weighted by atomic mass is 79.9. The van der Waals surface area contributed by atoms with Crippen LogP contribution in [-0.4, -0.2) is 24.3 Å². The zero-order chi connectivity index (χ0) is 12.3. The van der Waals surface area contributed by atoms with Crippen LogP contribution in [0.2, 0.25) is 0 Å². The van der Waals surface area contributed by atoms with Crippen LogP contribution < -0.4 is 9.47 Å². The lowest BCUT2D eigenvalue weighted by molar-refractivity contribution is -0.144. The van der Waals surface area contributed by atoms with Gasteiger partial charge in [0.15, 0.2) is 6.10 Å². The summed E-state index contributed by atoms with van der Waals surface area (Å²) < 4.78 is 11.8. The van der Waals surface area contributed by atoms with E-state index in [9.17, 15) is 4.79 Å². The Hall–Kier alpha value is -0.750. The van der Waals surface area contributed by atoms with Crippen LogP contribution in [0.4, 0.5) is 0 Å². The van der Waals surface area contributed by atoms with Crippen LogP contribution in [0.3, 0.4) is 0 Å². The van der Waals surface area contributed by atoms with Crippen molar-refractivity contribution in [2.45, 2.75) is 13.0 Å². The van der Waals surface area contributed by atoms with Gasteiger partial charge in [0.1, 0.15) is 11.5 Å². The maximum atomic E-state index is 10.7. The van der Waals surface area contributed by atoms with E-state index in [0.29, 0.717) is 16.0 Å². The second-order valence-electron chi connectivity index (χ2n) is 3.02. The quantitative estimate of drug-likeness (QED) is 0.903. The number of carbonyl (C=O) groups is 1. The first-order chi connectivity index (χ1) is 7.45. The lowest BCUT2D eigenvalue weighted by Crippen LogP contribution is -2.23. The third kappa shape index (κ3) is 3.12. The molecule has 1 aromatic rings. The summed E-state index contributed by atoms with van der Waals surface area (Å²) in [6.07, 6.45) is -0.915. The first kappa shape index (κ1) is 13.3. The second kappa shape index (κ2) is 5.54. The van der Waals surface area contributed by atoms with E-state index < -0.39 is 12.1 Å². The van der Waals surface area contributed by atoms with Gasteiger partial charge in [0, 0.05) is 6.07 Å². The average molecular weight is 354 g/mol. The number of carboxylic acid groups (broad SMARTS) is 1. The maximum Gasteiger partial charge on any atom is 0.344 e. The smallest absolute Gasteiger partial charge is 0.344 e. The zero-order valence-corrected chi connectivity index (χ0v) is 11.8. The molecule has 0 amide bonds. The standard InChI is InChI=1S/C10H10Br2O4/c1-5(10(13)14)16-9-4-8(15-2)6(11)3-7(9)12/h3-5H,1-2H3,(H,13,14). The number of rotatable bonds is 4. The van der Waals surface area contributed by atoms with Gasteiger partial charge in [-0.05, 0) is 44.8 Å². The van der Waals surface area contributed by atoms with Crippen LogP contribution in [0, 0.1) is 0 Å². The highest BCUT2D eigenvalue weighted by Gasteiger charge is 2.16. The molecule has 88 valence electrons. The predicted octanol–water partition coefficient (Wildman–Crippen LogP) is 3.07. The summed E-state index contributed by atoms with van der Waals surface area (Å²) in [4.78, 5) is 10.7. The number of ether oxygens (including phenoxy) is 2. The topological polar surface area (TPSA) is 55.8 Å². The molecule has 16 heavy (non-hydrogen) atoms. The third-order valence-corrected chi connectivity index (χ3v) is 3.10. The van der Waals surface area contributed by atoms with Crippen molar-refractivity contribution in [3.05, 3.63) is 21.1 Å². The van der Waals surface area contributed by atoms with Crippen molar-refractivity contribution in [1.82, 2.24) is 0 Å². The molecule has 1 rings (SSSR count). The fraction of sp³-hybridized carbons (Fsp3) is 0.300. The molecule has 0 bridgehead atoms. The molecular formula is C10H10Br2O4. The van der Waals surface area contributed by atoms with Gasteiger partial charge in [-0.15, -0.1) is 0 Å². The van der Waals surface area contributed by atoms with E-state index in [4.69, 9.17) is 14.6 Å². The Morgan fingerprint density at radius 1 is 1.31 bits per heavy atom. The highest BCUT2D eigenvalue weighted by molar-refractivity contribution is 9.11. The molecule has 6 heteroatoms.